The van der Waals surface area contributed by atoms with E-state index >= 15 is 0 Å². The van der Waals surface area contributed by atoms with Gasteiger partial charge in [0.05, 0.1) is 18.1 Å². The third kappa shape index (κ3) is 1.33. The first-order valence-corrected chi connectivity index (χ1v) is 4.49. The summed E-state index contributed by atoms with van der Waals surface area (Å²) in [6.45, 7) is 4.14. The predicted molar refractivity (Wildman–Crippen MR) is 44.6 cm³/mol. The third-order valence-corrected chi connectivity index (χ3v) is 2.68. The molecule has 1 saturated heterocycles. The molecule has 0 radical (unpaired) electrons. The van der Waals surface area contributed by atoms with E-state index in [1.807, 2.05) is 6.92 Å². The van der Waals surface area contributed by atoms with Crippen molar-refractivity contribution in [2.24, 2.45) is 5.41 Å². The van der Waals surface area contributed by atoms with Gasteiger partial charge < -0.3 is 9.84 Å². The van der Waals surface area contributed by atoms with Crippen molar-refractivity contribution in [2.45, 2.75) is 39.2 Å². The van der Waals surface area contributed by atoms with E-state index in [4.69, 9.17) is 4.74 Å². The van der Waals surface area contributed by atoms with Gasteiger partial charge in [0.2, 0.25) is 0 Å². The normalized spacial score (nSPS) is 31.8. The number of aliphatic hydroxyl groups is 1. The van der Waals surface area contributed by atoms with Crippen molar-refractivity contribution in [3.05, 3.63) is 0 Å². The molecule has 70 valence electrons. The van der Waals surface area contributed by atoms with Crippen LogP contribution in [-0.2, 0) is 9.53 Å². The molecular formula is C9H16O3. The van der Waals surface area contributed by atoms with Crippen LogP contribution in [0.25, 0.3) is 0 Å². The number of rotatable bonds is 3. The van der Waals surface area contributed by atoms with Crippen molar-refractivity contribution < 1.29 is 14.6 Å². The molecule has 0 aromatic carbocycles. The van der Waals surface area contributed by atoms with Crippen molar-refractivity contribution in [1.29, 1.82) is 0 Å². The first kappa shape index (κ1) is 9.52. The van der Waals surface area contributed by atoms with Crippen molar-refractivity contribution in [3.63, 3.8) is 0 Å². The first-order chi connectivity index (χ1) is 5.63. The molecule has 12 heavy (non-hydrogen) atoms. The zero-order valence-electron chi connectivity index (χ0n) is 7.67. The molecule has 1 aliphatic heterocycles. The Balaban J connectivity index is 2.78. The molecule has 0 bridgehead atoms. The Morgan fingerprint density at radius 3 is 2.75 bits per heavy atom. The molecule has 0 spiro atoms. The van der Waals surface area contributed by atoms with Crippen LogP contribution in [0.4, 0.5) is 0 Å². The average Bonchev–Trinajstić information content (AvgIpc) is 2.34. The number of hydrogen-bond donors (Lipinski definition) is 1. The van der Waals surface area contributed by atoms with E-state index in [2.05, 4.69) is 0 Å². The monoisotopic (exact) mass is 172 g/mol. The smallest absolute Gasteiger partial charge is 0.314 e. The van der Waals surface area contributed by atoms with E-state index in [1.165, 1.54) is 0 Å². The van der Waals surface area contributed by atoms with Crippen molar-refractivity contribution in [2.75, 3.05) is 6.61 Å². The Labute approximate surface area is 72.7 Å². The van der Waals surface area contributed by atoms with Crippen LogP contribution < -0.4 is 0 Å². The number of ether oxygens (including phenoxy) is 1. The second-order valence-electron chi connectivity index (χ2n) is 3.47. The molecule has 1 heterocycles. The minimum atomic E-state index is -0.602. The summed E-state index contributed by atoms with van der Waals surface area (Å²) in [5.74, 6) is -0.223. The molecule has 1 fully saturated rings. The lowest BCUT2D eigenvalue weighted by molar-refractivity contribution is -0.151. The zero-order valence-corrected chi connectivity index (χ0v) is 7.67. The largest absolute Gasteiger partial charge is 0.465 e. The standard InChI is InChI=1S/C9H16O3/c1-3-4-9(7(2)10)5-6-12-8(9)11/h7,10H,3-6H2,1-2H3/t7-,9-/m0/s1. The maximum absolute atomic E-state index is 11.3. The highest BCUT2D eigenvalue weighted by Gasteiger charge is 2.47. The minimum absolute atomic E-state index is 0.223. The van der Waals surface area contributed by atoms with Gasteiger partial charge in [-0.15, -0.1) is 0 Å². The Hall–Kier alpha value is -0.570. The number of carbonyl (C=O) groups excluding carboxylic acids is 1. The fourth-order valence-electron chi connectivity index (χ4n) is 1.83. The zero-order chi connectivity index (χ0) is 9.19. The van der Waals surface area contributed by atoms with E-state index in [-0.39, 0.29) is 5.97 Å². The average molecular weight is 172 g/mol. The molecule has 1 N–H and O–H groups in total. The van der Waals surface area contributed by atoms with Crippen LogP contribution >= 0.6 is 0 Å². The molecular weight excluding hydrogens is 156 g/mol. The van der Waals surface area contributed by atoms with Crippen LogP contribution in [0.5, 0.6) is 0 Å². The van der Waals surface area contributed by atoms with Crippen LogP contribution in [0.2, 0.25) is 0 Å². The van der Waals surface area contributed by atoms with E-state index in [0.29, 0.717) is 13.0 Å². The summed E-state index contributed by atoms with van der Waals surface area (Å²) in [4.78, 5) is 11.3. The molecule has 0 unspecified atom stereocenters. The van der Waals surface area contributed by atoms with Gasteiger partial charge in [-0.25, -0.2) is 0 Å². The van der Waals surface area contributed by atoms with Gasteiger partial charge in [-0.05, 0) is 13.3 Å². The topological polar surface area (TPSA) is 46.5 Å². The second kappa shape index (κ2) is 3.44. The van der Waals surface area contributed by atoms with Gasteiger partial charge in [-0.3, -0.25) is 4.79 Å². The highest BCUT2D eigenvalue weighted by Crippen LogP contribution is 2.38. The van der Waals surface area contributed by atoms with Crippen molar-refractivity contribution in [1.82, 2.24) is 0 Å². The van der Waals surface area contributed by atoms with Crippen LogP contribution in [0.3, 0.4) is 0 Å². The molecule has 2 atom stereocenters. The summed E-state index contributed by atoms with van der Waals surface area (Å²) >= 11 is 0. The lowest BCUT2D eigenvalue weighted by Crippen LogP contribution is -2.37. The van der Waals surface area contributed by atoms with Gasteiger partial charge in [0, 0.05) is 6.42 Å². The third-order valence-electron chi connectivity index (χ3n) is 2.68. The van der Waals surface area contributed by atoms with Gasteiger partial charge in [0.15, 0.2) is 0 Å². The van der Waals surface area contributed by atoms with Gasteiger partial charge in [0.25, 0.3) is 0 Å². The van der Waals surface area contributed by atoms with Crippen LogP contribution in [0.1, 0.15) is 33.1 Å². The fourth-order valence-corrected chi connectivity index (χ4v) is 1.83. The number of aliphatic hydroxyl groups excluding tert-OH is 1. The molecule has 3 nitrogen and oxygen atoms in total. The van der Waals surface area contributed by atoms with E-state index in [9.17, 15) is 9.90 Å². The van der Waals surface area contributed by atoms with Gasteiger partial charge in [-0.2, -0.15) is 0 Å². The number of esters is 1. The summed E-state index contributed by atoms with van der Waals surface area (Å²) in [7, 11) is 0. The molecule has 0 saturated carbocycles. The Bertz CT molecular complexity index is 177. The summed E-state index contributed by atoms with van der Waals surface area (Å²) in [5, 5.41) is 9.50. The second-order valence-corrected chi connectivity index (χ2v) is 3.47. The molecule has 3 heteroatoms. The van der Waals surface area contributed by atoms with Crippen molar-refractivity contribution in [3.8, 4) is 0 Å². The summed E-state index contributed by atoms with van der Waals surface area (Å²) in [5.41, 5.74) is -0.602. The molecule has 1 rings (SSSR count). The van der Waals surface area contributed by atoms with E-state index < -0.39 is 11.5 Å². The predicted octanol–water partition coefficient (Wildman–Crippen LogP) is 1.10. The number of hydrogen-bond acceptors (Lipinski definition) is 3. The molecule has 0 aromatic heterocycles. The molecule has 0 aliphatic carbocycles. The Morgan fingerprint density at radius 2 is 2.42 bits per heavy atom. The number of cyclic esters (lactones) is 1. The maximum atomic E-state index is 11.3. The SMILES string of the molecule is CCC[C@@]1([C@H](C)O)CCOC1=O. The Morgan fingerprint density at radius 1 is 1.75 bits per heavy atom. The minimum Gasteiger partial charge on any atom is -0.465 e. The van der Waals surface area contributed by atoms with Crippen LogP contribution in [0, 0.1) is 5.41 Å². The summed E-state index contributed by atoms with van der Waals surface area (Å²) in [6.07, 6.45) is 1.70. The fraction of sp³-hybridized carbons (Fsp3) is 0.889. The quantitative estimate of drug-likeness (QED) is 0.648. The highest BCUT2D eigenvalue weighted by atomic mass is 16.5. The molecule has 0 aromatic rings. The van der Waals surface area contributed by atoms with E-state index in [0.717, 1.165) is 12.8 Å². The summed E-state index contributed by atoms with van der Waals surface area (Å²) < 4.78 is 4.88. The molecule has 1 aliphatic rings. The van der Waals surface area contributed by atoms with Gasteiger partial charge >= 0.3 is 5.97 Å². The van der Waals surface area contributed by atoms with Crippen molar-refractivity contribution >= 4 is 5.97 Å². The van der Waals surface area contributed by atoms with Gasteiger partial charge in [-0.1, -0.05) is 13.3 Å². The van der Waals surface area contributed by atoms with Crippen LogP contribution in [0.15, 0.2) is 0 Å². The lowest BCUT2D eigenvalue weighted by Gasteiger charge is -2.26. The maximum Gasteiger partial charge on any atom is 0.314 e. The Kier molecular flexibility index (Phi) is 2.73. The first-order valence-electron chi connectivity index (χ1n) is 4.49. The highest BCUT2D eigenvalue weighted by molar-refractivity contribution is 5.79. The van der Waals surface area contributed by atoms with E-state index in [1.54, 1.807) is 6.92 Å². The molecule has 0 amide bonds. The van der Waals surface area contributed by atoms with Crippen LogP contribution in [-0.4, -0.2) is 23.8 Å². The number of carbonyl (C=O) groups is 1. The lowest BCUT2D eigenvalue weighted by atomic mass is 9.77. The van der Waals surface area contributed by atoms with Gasteiger partial charge in [0.1, 0.15) is 0 Å². The summed E-state index contributed by atoms with van der Waals surface area (Å²) in [6, 6.07) is 0.